The molecule has 6 heteroatoms. The first-order valence-electron chi connectivity index (χ1n) is 5.26. The van der Waals surface area contributed by atoms with Crippen LogP contribution in [0.2, 0.25) is 0 Å². The number of carboxylic acids is 1. The van der Waals surface area contributed by atoms with Gasteiger partial charge >= 0.3 is 5.97 Å². The van der Waals surface area contributed by atoms with Crippen molar-refractivity contribution < 1.29 is 14.7 Å². The van der Waals surface area contributed by atoms with Gasteiger partial charge in [-0.25, -0.2) is 4.79 Å². The van der Waals surface area contributed by atoms with Crippen molar-refractivity contribution >= 4 is 23.0 Å². The number of aromatic nitrogens is 1. The summed E-state index contributed by atoms with van der Waals surface area (Å²) in [5.41, 5.74) is 0.410. The van der Waals surface area contributed by atoms with E-state index in [0.29, 0.717) is 5.69 Å². The highest BCUT2D eigenvalue weighted by Crippen LogP contribution is 2.10. The molecular formula is C12H12N2O3S. The molecule has 0 fully saturated rings. The highest BCUT2D eigenvalue weighted by atomic mass is 32.1. The third kappa shape index (κ3) is 2.78. The predicted octanol–water partition coefficient (Wildman–Crippen LogP) is 2.09. The quantitative estimate of drug-likeness (QED) is 0.664. The van der Waals surface area contributed by atoms with Crippen LogP contribution < -0.4 is 0 Å². The van der Waals surface area contributed by atoms with Crippen molar-refractivity contribution in [3.8, 4) is 0 Å². The molecule has 18 heavy (non-hydrogen) atoms. The van der Waals surface area contributed by atoms with Gasteiger partial charge in [-0.05, 0) is 23.6 Å². The molecule has 94 valence electrons. The molecule has 0 radical (unpaired) electrons. The summed E-state index contributed by atoms with van der Waals surface area (Å²) in [6.45, 7) is 0.277. The molecule has 2 rings (SSSR count). The maximum absolute atomic E-state index is 11.1. The number of carbonyl (C=O) groups is 1. The van der Waals surface area contributed by atoms with Gasteiger partial charge in [0.1, 0.15) is 0 Å². The summed E-state index contributed by atoms with van der Waals surface area (Å²) >= 11 is 1.54. The number of oxime groups is 1. The van der Waals surface area contributed by atoms with E-state index < -0.39 is 5.97 Å². The van der Waals surface area contributed by atoms with Crippen LogP contribution in [-0.4, -0.2) is 21.4 Å². The molecule has 0 aromatic carbocycles. The van der Waals surface area contributed by atoms with E-state index >= 15 is 0 Å². The Labute approximate surface area is 108 Å². The molecule has 2 heterocycles. The first kappa shape index (κ1) is 12.4. The first-order chi connectivity index (χ1) is 8.68. The molecule has 0 unspecified atom stereocenters. The Morgan fingerprint density at radius 1 is 1.50 bits per heavy atom. The zero-order chi connectivity index (χ0) is 13.0. The van der Waals surface area contributed by atoms with Gasteiger partial charge in [-0.15, -0.1) is 11.3 Å². The number of hydrogen-bond donors (Lipinski definition) is 1. The highest BCUT2D eigenvalue weighted by Gasteiger charge is 2.16. The Kier molecular flexibility index (Phi) is 3.78. The molecule has 0 aliphatic heterocycles. The molecule has 0 saturated heterocycles. The lowest BCUT2D eigenvalue weighted by molar-refractivity contribution is -0.129. The fraction of sp³-hybridized carbons (Fsp3) is 0.167. The van der Waals surface area contributed by atoms with Crippen molar-refractivity contribution in [3.63, 3.8) is 0 Å². The van der Waals surface area contributed by atoms with E-state index in [2.05, 4.69) is 5.16 Å². The Balaban J connectivity index is 2.11. The number of aryl methyl sites for hydroxylation is 1. The van der Waals surface area contributed by atoms with E-state index in [-0.39, 0.29) is 12.3 Å². The van der Waals surface area contributed by atoms with Crippen LogP contribution in [0.4, 0.5) is 0 Å². The van der Waals surface area contributed by atoms with Gasteiger partial charge < -0.3 is 14.5 Å². The highest BCUT2D eigenvalue weighted by molar-refractivity contribution is 7.09. The second-order valence-corrected chi connectivity index (χ2v) is 4.63. The minimum absolute atomic E-state index is 0.0981. The average Bonchev–Trinajstić information content (AvgIpc) is 2.96. The molecule has 0 aliphatic rings. The molecule has 0 bridgehead atoms. The normalized spacial score (nSPS) is 11.5. The maximum Gasteiger partial charge on any atom is 0.360 e. The van der Waals surface area contributed by atoms with E-state index in [1.165, 1.54) is 11.3 Å². The molecule has 5 nitrogen and oxygen atoms in total. The molecule has 0 amide bonds. The summed E-state index contributed by atoms with van der Waals surface area (Å²) in [7, 11) is 1.76. The zero-order valence-electron chi connectivity index (χ0n) is 9.74. The van der Waals surface area contributed by atoms with Gasteiger partial charge in [0.15, 0.2) is 6.61 Å². The SMILES string of the molecule is Cn1cccc1C(=NOCc1cccs1)C(=O)O. The molecule has 0 aliphatic carbocycles. The molecule has 1 N–H and O–H groups in total. The molecule has 0 saturated carbocycles. The topological polar surface area (TPSA) is 63.8 Å². The van der Waals surface area contributed by atoms with Gasteiger partial charge in [0, 0.05) is 18.1 Å². The Morgan fingerprint density at radius 3 is 2.89 bits per heavy atom. The third-order valence-electron chi connectivity index (χ3n) is 2.33. The van der Waals surface area contributed by atoms with E-state index in [9.17, 15) is 4.79 Å². The standard InChI is InChI=1S/C12H12N2O3S/c1-14-6-2-5-10(14)11(12(15)16)13-17-8-9-4-3-7-18-9/h2-7H,8H2,1H3,(H,15,16). The van der Waals surface area contributed by atoms with E-state index in [1.54, 1.807) is 29.9 Å². The molecular weight excluding hydrogens is 252 g/mol. The van der Waals surface area contributed by atoms with Crippen molar-refractivity contribution in [2.45, 2.75) is 6.61 Å². The summed E-state index contributed by atoms with van der Waals surface area (Å²) < 4.78 is 1.68. The smallest absolute Gasteiger partial charge is 0.360 e. The number of rotatable bonds is 5. The van der Waals surface area contributed by atoms with Gasteiger partial charge in [0.2, 0.25) is 5.71 Å². The lowest BCUT2D eigenvalue weighted by Crippen LogP contribution is -2.18. The second kappa shape index (κ2) is 5.50. The fourth-order valence-corrected chi connectivity index (χ4v) is 2.07. The average molecular weight is 264 g/mol. The van der Waals surface area contributed by atoms with Crippen LogP contribution in [-0.2, 0) is 23.3 Å². The fourth-order valence-electron chi connectivity index (χ4n) is 1.46. The number of thiophene rings is 1. The van der Waals surface area contributed by atoms with Gasteiger partial charge in [-0.1, -0.05) is 11.2 Å². The number of nitrogens with zero attached hydrogens (tertiary/aromatic N) is 2. The Hall–Kier alpha value is -2.08. The summed E-state index contributed by atoms with van der Waals surface area (Å²) in [6, 6.07) is 7.25. The Bertz CT molecular complexity index is 558. The van der Waals surface area contributed by atoms with Crippen molar-refractivity contribution in [1.29, 1.82) is 0 Å². The number of carboxylic acid groups (broad SMARTS) is 1. The lowest BCUT2D eigenvalue weighted by Gasteiger charge is -2.03. The number of aliphatic carboxylic acids is 1. The molecule has 0 atom stereocenters. The van der Waals surface area contributed by atoms with Gasteiger partial charge in [-0.2, -0.15) is 0 Å². The van der Waals surface area contributed by atoms with Crippen LogP contribution in [0.15, 0.2) is 41.0 Å². The second-order valence-electron chi connectivity index (χ2n) is 3.60. The minimum Gasteiger partial charge on any atom is -0.476 e. The number of hydrogen-bond acceptors (Lipinski definition) is 4. The van der Waals surface area contributed by atoms with Gasteiger partial charge in [-0.3, -0.25) is 0 Å². The largest absolute Gasteiger partial charge is 0.476 e. The van der Waals surface area contributed by atoms with Crippen LogP contribution in [0.1, 0.15) is 10.6 Å². The van der Waals surface area contributed by atoms with Crippen LogP contribution >= 0.6 is 11.3 Å². The van der Waals surface area contributed by atoms with Crippen LogP contribution in [0.25, 0.3) is 0 Å². The van der Waals surface area contributed by atoms with Gasteiger partial charge in [0.25, 0.3) is 0 Å². The van der Waals surface area contributed by atoms with E-state index in [1.807, 2.05) is 17.5 Å². The monoisotopic (exact) mass is 264 g/mol. The van der Waals surface area contributed by atoms with Crippen LogP contribution in [0.3, 0.4) is 0 Å². The van der Waals surface area contributed by atoms with Crippen molar-refractivity contribution in [1.82, 2.24) is 4.57 Å². The van der Waals surface area contributed by atoms with Crippen LogP contribution in [0, 0.1) is 0 Å². The van der Waals surface area contributed by atoms with Gasteiger partial charge in [0.05, 0.1) is 5.69 Å². The van der Waals surface area contributed by atoms with Crippen molar-refractivity contribution in [3.05, 3.63) is 46.4 Å². The van der Waals surface area contributed by atoms with Crippen molar-refractivity contribution in [2.75, 3.05) is 0 Å². The molecule has 2 aromatic rings. The Morgan fingerprint density at radius 2 is 2.33 bits per heavy atom. The lowest BCUT2D eigenvalue weighted by atomic mass is 10.3. The summed E-state index contributed by atoms with van der Waals surface area (Å²) in [6.07, 6.45) is 1.76. The summed E-state index contributed by atoms with van der Waals surface area (Å²) in [5, 5.41) is 14.7. The van der Waals surface area contributed by atoms with Crippen LogP contribution in [0.5, 0.6) is 0 Å². The van der Waals surface area contributed by atoms with Crippen molar-refractivity contribution in [2.24, 2.45) is 12.2 Å². The summed E-state index contributed by atoms with van der Waals surface area (Å²) in [5.74, 6) is -1.11. The molecule has 0 spiro atoms. The maximum atomic E-state index is 11.1. The van der Waals surface area contributed by atoms with E-state index in [4.69, 9.17) is 9.94 Å². The zero-order valence-corrected chi connectivity index (χ0v) is 10.6. The third-order valence-corrected chi connectivity index (χ3v) is 3.18. The van der Waals surface area contributed by atoms with E-state index in [0.717, 1.165) is 4.88 Å². The summed E-state index contributed by atoms with van der Waals surface area (Å²) in [4.78, 5) is 17.2. The first-order valence-corrected chi connectivity index (χ1v) is 6.14. The molecule has 2 aromatic heterocycles. The minimum atomic E-state index is -1.11. The predicted molar refractivity (Wildman–Crippen MR) is 68.7 cm³/mol.